The molecule has 0 aromatic rings. The minimum absolute atomic E-state index is 0. The van der Waals surface area contributed by atoms with E-state index < -0.39 is 0 Å². The summed E-state index contributed by atoms with van der Waals surface area (Å²) < 4.78 is 0. The molecule has 0 saturated carbocycles. The van der Waals surface area contributed by atoms with Crippen LogP contribution in [0, 0.1) is 0 Å². The van der Waals surface area contributed by atoms with Gasteiger partial charge >= 0.3 is 0 Å². The van der Waals surface area contributed by atoms with E-state index in [-0.39, 0.29) is 18.9 Å². The van der Waals surface area contributed by atoms with Crippen LogP contribution in [0.2, 0.25) is 0 Å². The van der Waals surface area contributed by atoms with Crippen molar-refractivity contribution < 1.29 is 0 Å². The molecule has 2 rings (SSSR count). The summed E-state index contributed by atoms with van der Waals surface area (Å²) in [6, 6.07) is 13.1. The van der Waals surface area contributed by atoms with Gasteiger partial charge in [-0.15, -0.1) is 17.2 Å². The Morgan fingerprint density at radius 3 is 2.69 bits per heavy atom. The van der Waals surface area contributed by atoms with Gasteiger partial charge in [0.15, 0.2) is 0 Å². The first kappa shape index (κ1) is 10.5. The fraction of sp³-hybridized carbons (Fsp3) is 0.250. The van der Waals surface area contributed by atoms with Gasteiger partial charge in [-0.2, -0.15) is 24.3 Å². The van der Waals surface area contributed by atoms with Crippen LogP contribution < -0.4 is 0 Å². The fourth-order valence-corrected chi connectivity index (χ4v) is 1.65. The van der Waals surface area contributed by atoms with E-state index in [1.54, 1.807) is 0 Å². The minimum atomic E-state index is 0. The Morgan fingerprint density at radius 2 is 2.00 bits per heavy atom. The molecule has 1 radical (unpaired) electrons. The number of fused-ring (bicyclic) bond motifs is 1. The monoisotopic (exact) mass is 164 g/mol. The van der Waals surface area contributed by atoms with Crippen molar-refractivity contribution in [1.82, 2.24) is 0 Å². The molecule has 0 fully saturated rings. The molecule has 2 aliphatic carbocycles. The average Bonchev–Trinajstić information content (AvgIpc) is 2.47. The molecule has 0 aromatic heterocycles. The minimum Gasteiger partial charge on any atom is -0.172 e. The summed E-state index contributed by atoms with van der Waals surface area (Å²) in [5.41, 5.74) is 4.22. The standard InChI is InChI=1S/C12H13.Li/c1-2-5-10-8-11-6-3-4-7-12(11)9-10;/h3-4,6-9H,2,5H2,1H3;/q-1;. The zero-order chi connectivity index (χ0) is 8.39. The van der Waals surface area contributed by atoms with Crippen LogP contribution in [0.15, 0.2) is 36.4 Å². The summed E-state index contributed by atoms with van der Waals surface area (Å²) in [4.78, 5) is 0. The molecule has 0 unspecified atom stereocenters. The van der Waals surface area contributed by atoms with E-state index in [9.17, 15) is 0 Å². The van der Waals surface area contributed by atoms with E-state index in [2.05, 4.69) is 43.3 Å². The van der Waals surface area contributed by atoms with Crippen molar-refractivity contribution in [2.24, 2.45) is 0 Å². The molecule has 0 N–H and O–H groups in total. The molecule has 1 heteroatoms. The SMILES string of the molecule is CCCc1cc2cc[cH-]cc-2c1.[Li]. The molecule has 0 amide bonds. The van der Waals surface area contributed by atoms with Crippen molar-refractivity contribution >= 4 is 18.9 Å². The Labute approximate surface area is 91.8 Å². The van der Waals surface area contributed by atoms with Crippen LogP contribution in [0.25, 0.3) is 11.1 Å². The van der Waals surface area contributed by atoms with Gasteiger partial charge in [0.05, 0.1) is 0 Å². The molecule has 0 bridgehead atoms. The Hall–Kier alpha value is -0.573. The Morgan fingerprint density at radius 1 is 1.23 bits per heavy atom. The third kappa shape index (κ3) is 2.21. The van der Waals surface area contributed by atoms with E-state index in [0.717, 1.165) is 0 Å². The molecule has 0 aromatic carbocycles. The molecule has 0 nitrogen and oxygen atoms in total. The predicted octanol–water partition coefficient (Wildman–Crippen LogP) is 3.08. The average molecular weight is 164 g/mol. The summed E-state index contributed by atoms with van der Waals surface area (Å²) in [5, 5.41) is 0. The Kier molecular flexibility index (Phi) is 3.72. The van der Waals surface area contributed by atoms with Gasteiger partial charge in [-0.25, -0.2) is 0 Å². The second kappa shape index (κ2) is 4.60. The van der Waals surface area contributed by atoms with Crippen LogP contribution in [0.4, 0.5) is 0 Å². The topological polar surface area (TPSA) is 0 Å². The van der Waals surface area contributed by atoms with Crippen LogP contribution in [-0.2, 0) is 6.42 Å². The quantitative estimate of drug-likeness (QED) is 0.472. The van der Waals surface area contributed by atoms with Gasteiger partial charge in [0.1, 0.15) is 0 Å². The second-order valence-corrected chi connectivity index (χ2v) is 3.24. The molecule has 0 aliphatic heterocycles. The molecular formula is C12H13Li-. The van der Waals surface area contributed by atoms with Gasteiger partial charge < -0.3 is 0 Å². The van der Waals surface area contributed by atoms with Gasteiger partial charge in [-0.1, -0.05) is 25.0 Å². The Bertz CT molecular complexity index is 305. The van der Waals surface area contributed by atoms with E-state index in [4.69, 9.17) is 0 Å². The fourth-order valence-electron chi connectivity index (χ4n) is 1.65. The maximum atomic E-state index is 2.29. The summed E-state index contributed by atoms with van der Waals surface area (Å²) >= 11 is 0. The van der Waals surface area contributed by atoms with Gasteiger partial charge in [-0.05, 0) is 6.42 Å². The van der Waals surface area contributed by atoms with E-state index in [0.29, 0.717) is 0 Å². The number of rotatable bonds is 2. The maximum Gasteiger partial charge on any atom is 0 e. The largest absolute Gasteiger partial charge is 0.172 e. The normalized spacial score (nSPS) is 9.92. The molecule has 0 atom stereocenters. The van der Waals surface area contributed by atoms with Crippen molar-refractivity contribution in [1.29, 1.82) is 0 Å². The smallest absolute Gasteiger partial charge is 0 e. The van der Waals surface area contributed by atoms with Crippen molar-refractivity contribution in [2.75, 3.05) is 0 Å². The van der Waals surface area contributed by atoms with Crippen LogP contribution in [0.5, 0.6) is 0 Å². The zero-order valence-corrected chi connectivity index (χ0v) is 8.38. The number of aryl methyl sites for hydroxylation is 1. The van der Waals surface area contributed by atoms with E-state index in [1.165, 1.54) is 29.5 Å². The molecule has 0 saturated heterocycles. The van der Waals surface area contributed by atoms with Gasteiger partial charge in [0.2, 0.25) is 0 Å². The number of benzene rings is 1. The predicted molar refractivity (Wildman–Crippen MR) is 58.4 cm³/mol. The zero-order valence-electron chi connectivity index (χ0n) is 8.38. The van der Waals surface area contributed by atoms with Crippen molar-refractivity contribution in [3.8, 4) is 11.1 Å². The molecule has 2 aliphatic rings. The second-order valence-electron chi connectivity index (χ2n) is 3.24. The third-order valence-corrected chi connectivity index (χ3v) is 2.22. The van der Waals surface area contributed by atoms with Crippen LogP contribution >= 0.6 is 0 Å². The number of hydrogen-bond donors (Lipinski definition) is 0. The van der Waals surface area contributed by atoms with Crippen LogP contribution in [0.1, 0.15) is 18.9 Å². The molecule has 13 heavy (non-hydrogen) atoms. The van der Waals surface area contributed by atoms with Crippen molar-refractivity contribution in [3.05, 3.63) is 42.0 Å². The maximum absolute atomic E-state index is 2.29. The summed E-state index contributed by atoms with van der Waals surface area (Å²) in [6.45, 7) is 2.22. The molecule has 0 heterocycles. The van der Waals surface area contributed by atoms with E-state index >= 15 is 0 Å². The first-order valence-corrected chi connectivity index (χ1v) is 4.54. The van der Waals surface area contributed by atoms with Gasteiger partial charge in [0.25, 0.3) is 0 Å². The summed E-state index contributed by atoms with van der Waals surface area (Å²) in [7, 11) is 0. The van der Waals surface area contributed by atoms with Crippen molar-refractivity contribution in [2.45, 2.75) is 19.8 Å². The van der Waals surface area contributed by atoms with E-state index in [1.807, 2.05) is 0 Å². The molecular weight excluding hydrogens is 151 g/mol. The Balaban J connectivity index is 0.000000845. The van der Waals surface area contributed by atoms with Gasteiger partial charge in [0, 0.05) is 18.9 Å². The molecule has 0 spiro atoms. The summed E-state index contributed by atoms with van der Waals surface area (Å²) in [6.07, 6.45) is 2.44. The van der Waals surface area contributed by atoms with Crippen LogP contribution in [-0.4, -0.2) is 18.9 Å². The molecule has 63 valence electrons. The summed E-state index contributed by atoms with van der Waals surface area (Å²) in [5.74, 6) is 0. The van der Waals surface area contributed by atoms with Crippen molar-refractivity contribution in [3.63, 3.8) is 0 Å². The number of hydrogen-bond acceptors (Lipinski definition) is 0. The first-order valence-electron chi connectivity index (χ1n) is 4.54. The first-order chi connectivity index (χ1) is 5.90. The van der Waals surface area contributed by atoms with Crippen LogP contribution in [0.3, 0.4) is 0 Å². The van der Waals surface area contributed by atoms with Gasteiger partial charge in [-0.3, -0.25) is 0 Å². The third-order valence-electron chi connectivity index (χ3n) is 2.22.